The number of nitrogen functional groups attached to an aromatic ring is 1. The van der Waals surface area contributed by atoms with Crippen molar-refractivity contribution in [2.75, 3.05) is 5.73 Å². The zero-order valence-corrected chi connectivity index (χ0v) is 9.63. The maximum atomic E-state index is 6.06. The summed E-state index contributed by atoms with van der Waals surface area (Å²) in [5.41, 5.74) is 14.7. The van der Waals surface area contributed by atoms with Gasteiger partial charge in [-0.3, -0.25) is 0 Å². The Labute approximate surface area is 100 Å². The van der Waals surface area contributed by atoms with Crippen LogP contribution in [0.4, 0.5) is 5.69 Å². The van der Waals surface area contributed by atoms with Gasteiger partial charge in [0.1, 0.15) is 5.82 Å². The van der Waals surface area contributed by atoms with Gasteiger partial charge in [0.2, 0.25) is 0 Å². The van der Waals surface area contributed by atoms with E-state index < -0.39 is 0 Å². The Kier molecular flexibility index (Phi) is 2.37. The standard InChI is InChI=1S/C13H16N4/c14-10-5-2-1-4-9(10)12-8-17-7-3-6-11(15)13(17)16-12/h1-2,4-5,8,11H,3,6-7,14-15H2. The van der Waals surface area contributed by atoms with Crippen LogP contribution >= 0.6 is 0 Å². The molecule has 1 aliphatic rings. The molecule has 0 spiro atoms. The van der Waals surface area contributed by atoms with Crippen LogP contribution < -0.4 is 11.5 Å². The number of benzene rings is 1. The Morgan fingerprint density at radius 2 is 2.12 bits per heavy atom. The fraction of sp³-hybridized carbons (Fsp3) is 0.308. The molecule has 0 saturated carbocycles. The van der Waals surface area contributed by atoms with Crippen LogP contribution in [0.3, 0.4) is 0 Å². The summed E-state index contributed by atoms with van der Waals surface area (Å²) in [6, 6.07) is 7.86. The largest absolute Gasteiger partial charge is 0.398 e. The van der Waals surface area contributed by atoms with Crippen molar-refractivity contribution in [1.29, 1.82) is 0 Å². The zero-order valence-electron chi connectivity index (χ0n) is 9.63. The fourth-order valence-electron chi connectivity index (χ4n) is 2.38. The number of fused-ring (bicyclic) bond motifs is 1. The van der Waals surface area contributed by atoms with E-state index in [9.17, 15) is 0 Å². The summed E-state index contributed by atoms with van der Waals surface area (Å²) >= 11 is 0. The minimum absolute atomic E-state index is 0.0578. The summed E-state index contributed by atoms with van der Waals surface area (Å²) in [5.74, 6) is 0.981. The molecule has 0 amide bonds. The van der Waals surface area contributed by atoms with Crippen molar-refractivity contribution in [2.24, 2.45) is 5.73 Å². The molecule has 4 N–H and O–H groups in total. The highest BCUT2D eigenvalue weighted by atomic mass is 15.1. The molecule has 1 aromatic carbocycles. The van der Waals surface area contributed by atoms with Crippen molar-refractivity contribution in [3.05, 3.63) is 36.3 Å². The molecular formula is C13H16N4. The number of aromatic nitrogens is 2. The van der Waals surface area contributed by atoms with Gasteiger partial charge in [0, 0.05) is 24.0 Å². The lowest BCUT2D eigenvalue weighted by atomic mass is 10.1. The third kappa shape index (κ3) is 1.70. The van der Waals surface area contributed by atoms with Gasteiger partial charge >= 0.3 is 0 Å². The lowest BCUT2D eigenvalue weighted by Gasteiger charge is -2.19. The molecule has 1 unspecified atom stereocenters. The molecule has 1 atom stereocenters. The average Bonchev–Trinajstić information content (AvgIpc) is 2.75. The zero-order chi connectivity index (χ0) is 11.8. The number of hydrogen-bond donors (Lipinski definition) is 2. The van der Waals surface area contributed by atoms with Gasteiger partial charge in [0.05, 0.1) is 11.7 Å². The number of nitrogens with two attached hydrogens (primary N) is 2. The normalized spacial score (nSPS) is 19.0. The Bertz CT molecular complexity index is 544. The number of aryl methyl sites for hydroxylation is 1. The van der Waals surface area contributed by atoms with Crippen LogP contribution in [0.1, 0.15) is 24.7 Å². The highest BCUT2D eigenvalue weighted by molar-refractivity contribution is 5.73. The van der Waals surface area contributed by atoms with Gasteiger partial charge in [-0.25, -0.2) is 4.98 Å². The van der Waals surface area contributed by atoms with Crippen molar-refractivity contribution < 1.29 is 0 Å². The van der Waals surface area contributed by atoms with Gasteiger partial charge in [0.15, 0.2) is 0 Å². The quantitative estimate of drug-likeness (QED) is 0.733. The Hall–Kier alpha value is -1.81. The molecule has 4 heteroatoms. The summed E-state index contributed by atoms with van der Waals surface area (Å²) in [4.78, 5) is 4.62. The van der Waals surface area contributed by atoms with E-state index in [1.54, 1.807) is 0 Å². The van der Waals surface area contributed by atoms with Gasteiger partial charge in [-0.1, -0.05) is 18.2 Å². The first-order valence-electron chi connectivity index (χ1n) is 5.93. The molecule has 88 valence electrons. The molecule has 3 rings (SSSR count). The van der Waals surface area contributed by atoms with Crippen molar-refractivity contribution >= 4 is 5.69 Å². The summed E-state index contributed by atoms with van der Waals surface area (Å²) in [5, 5.41) is 0. The summed E-state index contributed by atoms with van der Waals surface area (Å²) in [6.45, 7) is 1.00. The second-order valence-electron chi connectivity index (χ2n) is 4.51. The highest BCUT2D eigenvalue weighted by Gasteiger charge is 2.20. The van der Waals surface area contributed by atoms with Crippen LogP contribution in [0.15, 0.2) is 30.5 Å². The monoisotopic (exact) mass is 228 g/mol. The fourth-order valence-corrected chi connectivity index (χ4v) is 2.38. The molecule has 1 aromatic heterocycles. The first kappa shape index (κ1) is 10.4. The molecule has 0 bridgehead atoms. The molecule has 17 heavy (non-hydrogen) atoms. The first-order valence-corrected chi connectivity index (χ1v) is 5.93. The third-order valence-electron chi connectivity index (χ3n) is 3.29. The second kappa shape index (κ2) is 3.89. The number of hydrogen-bond acceptors (Lipinski definition) is 3. The van der Waals surface area contributed by atoms with E-state index in [1.807, 2.05) is 24.3 Å². The van der Waals surface area contributed by atoms with Crippen molar-refractivity contribution in [3.63, 3.8) is 0 Å². The van der Waals surface area contributed by atoms with E-state index >= 15 is 0 Å². The molecule has 0 saturated heterocycles. The van der Waals surface area contributed by atoms with E-state index in [1.165, 1.54) is 0 Å². The molecule has 2 aromatic rings. The van der Waals surface area contributed by atoms with Crippen LogP contribution in [-0.2, 0) is 6.54 Å². The van der Waals surface area contributed by atoms with E-state index in [2.05, 4.69) is 15.7 Å². The third-order valence-corrected chi connectivity index (χ3v) is 3.29. The first-order chi connectivity index (χ1) is 8.25. The molecular weight excluding hydrogens is 212 g/mol. The van der Waals surface area contributed by atoms with Crippen molar-refractivity contribution in [1.82, 2.24) is 9.55 Å². The summed E-state index contributed by atoms with van der Waals surface area (Å²) in [7, 11) is 0. The number of imidazole rings is 1. The average molecular weight is 228 g/mol. The van der Waals surface area contributed by atoms with Gasteiger partial charge in [-0.2, -0.15) is 0 Å². The predicted octanol–water partition coefficient (Wildman–Crippen LogP) is 1.93. The molecule has 1 aliphatic heterocycles. The van der Waals surface area contributed by atoms with Crippen LogP contribution in [0.25, 0.3) is 11.3 Å². The van der Waals surface area contributed by atoms with Gasteiger partial charge < -0.3 is 16.0 Å². The maximum Gasteiger partial charge on any atom is 0.126 e. The Balaban J connectivity index is 2.08. The Morgan fingerprint density at radius 3 is 2.88 bits per heavy atom. The lowest BCUT2D eigenvalue weighted by molar-refractivity contribution is 0.451. The van der Waals surface area contributed by atoms with E-state index in [0.29, 0.717) is 0 Å². The minimum Gasteiger partial charge on any atom is -0.398 e. The Morgan fingerprint density at radius 1 is 1.29 bits per heavy atom. The second-order valence-corrected chi connectivity index (χ2v) is 4.51. The minimum atomic E-state index is 0.0578. The van der Waals surface area contributed by atoms with Gasteiger partial charge in [-0.05, 0) is 18.9 Å². The van der Waals surface area contributed by atoms with Gasteiger partial charge in [-0.15, -0.1) is 0 Å². The summed E-state index contributed by atoms with van der Waals surface area (Å²) < 4.78 is 2.15. The smallest absolute Gasteiger partial charge is 0.126 e. The van der Waals surface area contributed by atoms with Crippen LogP contribution in [0.2, 0.25) is 0 Å². The van der Waals surface area contributed by atoms with Gasteiger partial charge in [0.25, 0.3) is 0 Å². The number of para-hydroxylation sites is 1. The van der Waals surface area contributed by atoms with E-state index in [0.717, 1.165) is 42.2 Å². The van der Waals surface area contributed by atoms with Crippen LogP contribution in [0.5, 0.6) is 0 Å². The van der Waals surface area contributed by atoms with Crippen molar-refractivity contribution in [2.45, 2.75) is 25.4 Å². The van der Waals surface area contributed by atoms with Crippen molar-refractivity contribution in [3.8, 4) is 11.3 Å². The molecule has 2 heterocycles. The number of rotatable bonds is 1. The van der Waals surface area contributed by atoms with Crippen LogP contribution in [-0.4, -0.2) is 9.55 Å². The summed E-state index contributed by atoms with van der Waals surface area (Å²) in [6.07, 6.45) is 4.19. The number of anilines is 1. The molecule has 4 nitrogen and oxygen atoms in total. The molecule has 0 aliphatic carbocycles. The molecule has 0 fully saturated rings. The van der Waals surface area contributed by atoms with E-state index in [4.69, 9.17) is 11.5 Å². The number of nitrogens with zero attached hydrogens (tertiary/aromatic N) is 2. The maximum absolute atomic E-state index is 6.06. The molecule has 0 radical (unpaired) electrons. The van der Waals surface area contributed by atoms with Crippen LogP contribution in [0, 0.1) is 0 Å². The predicted molar refractivity (Wildman–Crippen MR) is 68.2 cm³/mol. The highest BCUT2D eigenvalue weighted by Crippen LogP contribution is 2.29. The SMILES string of the molecule is Nc1ccccc1-c1cn2c(n1)C(N)CCC2. The topological polar surface area (TPSA) is 69.9 Å². The van der Waals surface area contributed by atoms with E-state index in [-0.39, 0.29) is 6.04 Å². The lowest BCUT2D eigenvalue weighted by Crippen LogP contribution is -2.21.